The molecule has 1 aromatic rings. The van der Waals surface area contributed by atoms with Gasteiger partial charge >= 0.3 is 0 Å². The van der Waals surface area contributed by atoms with Crippen LogP contribution in [0, 0.1) is 0 Å². The molecule has 0 aliphatic heterocycles. The molecular formula is C9H13F2N3. The quantitative estimate of drug-likeness (QED) is 0.729. The molecule has 0 unspecified atom stereocenters. The fraction of sp³-hybridized carbons (Fsp3) is 0.333. The largest absolute Gasteiger partial charge is 0.397 e. The number of benzene rings is 1. The Balaban J connectivity index is 2.80. The molecule has 0 aliphatic carbocycles. The molecule has 0 aliphatic rings. The van der Waals surface area contributed by atoms with Gasteiger partial charge in [0.05, 0.1) is 17.9 Å². The summed E-state index contributed by atoms with van der Waals surface area (Å²) in [4.78, 5) is 1.43. The van der Waals surface area contributed by atoms with Gasteiger partial charge in [0.1, 0.15) is 0 Å². The zero-order valence-corrected chi connectivity index (χ0v) is 7.87. The van der Waals surface area contributed by atoms with Crippen molar-refractivity contribution >= 4 is 17.1 Å². The maximum atomic E-state index is 12.1. The summed E-state index contributed by atoms with van der Waals surface area (Å²) in [5.41, 5.74) is 12.5. The second kappa shape index (κ2) is 4.13. The molecule has 0 aromatic heterocycles. The van der Waals surface area contributed by atoms with E-state index in [0.29, 0.717) is 17.1 Å². The van der Waals surface area contributed by atoms with Crippen LogP contribution in [0.5, 0.6) is 0 Å². The molecular weight excluding hydrogens is 188 g/mol. The first-order valence-corrected chi connectivity index (χ1v) is 4.15. The maximum Gasteiger partial charge on any atom is 0.255 e. The summed E-state index contributed by atoms with van der Waals surface area (Å²) >= 11 is 0. The molecule has 0 fully saturated rings. The summed E-state index contributed by atoms with van der Waals surface area (Å²) in [5, 5.41) is 0. The molecule has 0 spiro atoms. The van der Waals surface area contributed by atoms with Crippen LogP contribution >= 0.6 is 0 Å². The SMILES string of the molecule is CN(CC(F)F)c1ccc(N)c(N)c1. The van der Waals surface area contributed by atoms with E-state index < -0.39 is 6.43 Å². The third-order valence-corrected chi connectivity index (χ3v) is 1.92. The highest BCUT2D eigenvalue weighted by atomic mass is 19.3. The minimum absolute atomic E-state index is 0.316. The zero-order valence-electron chi connectivity index (χ0n) is 7.87. The summed E-state index contributed by atoms with van der Waals surface area (Å²) in [6, 6.07) is 4.85. The highest BCUT2D eigenvalue weighted by molar-refractivity contribution is 5.69. The number of rotatable bonds is 3. The molecule has 14 heavy (non-hydrogen) atoms. The number of nitrogens with zero attached hydrogens (tertiary/aromatic N) is 1. The number of nitrogens with two attached hydrogens (primary N) is 2. The molecule has 1 aromatic carbocycles. The van der Waals surface area contributed by atoms with Crippen LogP contribution in [-0.2, 0) is 0 Å². The standard InChI is InChI=1S/C9H13F2N3/c1-14(5-9(10)11)6-2-3-7(12)8(13)4-6/h2-4,9H,5,12-13H2,1H3. The summed E-state index contributed by atoms with van der Waals surface area (Å²) in [5.74, 6) is 0. The first-order valence-electron chi connectivity index (χ1n) is 4.15. The third-order valence-electron chi connectivity index (χ3n) is 1.92. The van der Waals surface area contributed by atoms with Gasteiger partial charge in [-0.05, 0) is 18.2 Å². The van der Waals surface area contributed by atoms with Crippen LogP contribution in [0.25, 0.3) is 0 Å². The molecule has 0 saturated heterocycles. The van der Waals surface area contributed by atoms with Crippen molar-refractivity contribution in [3.05, 3.63) is 18.2 Å². The van der Waals surface area contributed by atoms with Crippen LogP contribution in [0.2, 0.25) is 0 Å². The Hall–Kier alpha value is -1.52. The van der Waals surface area contributed by atoms with E-state index >= 15 is 0 Å². The highest BCUT2D eigenvalue weighted by Gasteiger charge is 2.09. The molecule has 78 valence electrons. The fourth-order valence-electron chi connectivity index (χ4n) is 1.11. The summed E-state index contributed by atoms with van der Waals surface area (Å²) in [7, 11) is 1.58. The second-order valence-corrected chi connectivity index (χ2v) is 3.08. The van der Waals surface area contributed by atoms with Crippen LogP contribution in [-0.4, -0.2) is 20.0 Å². The van der Waals surface area contributed by atoms with Crippen molar-refractivity contribution in [2.45, 2.75) is 6.43 Å². The molecule has 0 amide bonds. The molecule has 1 rings (SSSR count). The molecule has 0 heterocycles. The molecule has 0 atom stereocenters. The van der Waals surface area contributed by atoms with Gasteiger partial charge in [-0.25, -0.2) is 8.78 Å². The normalized spacial score (nSPS) is 10.6. The van der Waals surface area contributed by atoms with Gasteiger partial charge in [0.2, 0.25) is 0 Å². The number of alkyl halides is 2. The number of hydrogen-bond acceptors (Lipinski definition) is 3. The molecule has 5 heteroatoms. The van der Waals surface area contributed by atoms with Gasteiger partial charge in [-0.2, -0.15) is 0 Å². The molecule has 4 N–H and O–H groups in total. The Morgan fingerprint density at radius 1 is 1.29 bits per heavy atom. The van der Waals surface area contributed by atoms with Gasteiger partial charge in [0.15, 0.2) is 0 Å². The Kier molecular flexibility index (Phi) is 3.11. The van der Waals surface area contributed by atoms with Crippen molar-refractivity contribution < 1.29 is 8.78 Å². The van der Waals surface area contributed by atoms with Crippen molar-refractivity contribution in [3.8, 4) is 0 Å². The van der Waals surface area contributed by atoms with Gasteiger partial charge in [-0.3, -0.25) is 0 Å². The Labute approximate surface area is 81.3 Å². The van der Waals surface area contributed by atoms with Gasteiger partial charge in [-0.1, -0.05) is 0 Å². The molecule has 0 saturated carbocycles. The van der Waals surface area contributed by atoms with Crippen molar-refractivity contribution in [2.75, 3.05) is 30.0 Å². The second-order valence-electron chi connectivity index (χ2n) is 3.08. The topological polar surface area (TPSA) is 55.3 Å². The highest BCUT2D eigenvalue weighted by Crippen LogP contribution is 2.22. The lowest BCUT2D eigenvalue weighted by atomic mass is 10.2. The molecule has 3 nitrogen and oxygen atoms in total. The summed E-state index contributed by atoms with van der Waals surface area (Å²) in [6.45, 7) is -0.316. The Bertz CT molecular complexity index is 315. The van der Waals surface area contributed by atoms with Gasteiger partial charge in [-0.15, -0.1) is 0 Å². The number of hydrogen-bond donors (Lipinski definition) is 2. The van der Waals surface area contributed by atoms with E-state index in [4.69, 9.17) is 11.5 Å². The van der Waals surface area contributed by atoms with Crippen molar-refractivity contribution in [1.29, 1.82) is 0 Å². The van der Waals surface area contributed by atoms with Crippen LogP contribution in [0.4, 0.5) is 25.8 Å². The average molecular weight is 201 g/mol. The zero-order chi connectivity index (χ0) is 10.7. The van der Waals surface area contributed by atoms with E-state index in [-0.39, 0.29) is 6.54 Å². The molecule has 0 radical (unpaired) electrons. The van der Waals surface area contributed by atoms with E-state index in [1.165, 1.54) is 4.90 Å². The first-order chi connectivity index (χ1) is 6.50. The first kappa shape index (κ1) is 10.6. The number of halogens is 2. The lowest BCUT2D eigenvalue weighted by molar-refractivity contribution is 0.156. The predicted molar refractivity (Wildman–Crippen MR) is 54.5 cm³/mol. The smallest absolute Gasteiger partial charge is 0.255 e. The van der Waals surface area contributed by atoms with E-state index in [1.807, 2.05) is 0 Å². The van der Waals surface area contributed by atoms with Crippen LogP contribution in [0.1, 0.15) is 0 Å². The predicted octanol–water partition coefficient (Wildman–Crippen LogP) is 1.55. The summed E-state index contributed by atoms with van der Waals surface area (Å²) in [6.07, 6.45) is -2.36. The van der Waals surface area contributed by atoms with E-state index in [1.54, 1.807) is 25.2 Å². The van der Waals surface area contributed by atoms with Gasteiger partial charge in [0, 0.05) is 12.7 Å². The van der Waals surface area contributed by atoms with Crippen LogP contribution < -0.4 is 16.4 Å². The Morgan fingerprint density at radius 2 is 1.93 bits per heavy atom. The number of nitrogen functional groups attached to an aromatic ring is 2. The fourth-order valence-corrected chi connectivity index (χ4v) is 1.11. The minimum atomic E-state index is -2.36. The van der Waals surface area contributed by atoms with Gasteiger partial charge < -0.3 is 16.4 Å². The van der Waals surface area contributed by atoms with Crippen LogP contribution in [0.3, 0.4) is 0 Å². The maximum absolute atomic E-state index is 12.1. The van der Waals surface area contributed by atoms with E-state index in [9.17, 15) is 8.78 Å². The van der Waals surface area contributed by atoms with Crippen molar-refractivity contribution in [2.24, 2.45) is 0 Å². The van der Waals surface area contributed by atoms with Gasteiger partial charge in [0.25, 0.3) is 6.43 Å². The summed E-state index contributed by atoms with van der Waals surface area (Å²) < 4.78 is 24.1. The average Bonchev–Trinajstić information content (AvgIpc) is 2.08. The van der Waals surface area contributed by atoms with E-state index in [0.717, 1.165) is 0 Å². The lowest BCUT2D eigenvalue weighted by Crippen LogP contribution is -2.24. The van der Waals surface area contributed by atoms with Crippen molar-refractivity contribution in [3.63, 3.8) is 0 Å². The Morgan fingerprint density at radius 3 is 2.43 bits per heavy atom. The third kappa shape index (κ3) is 2.48. The van der Waals surface area contributed by atoms with Crippen LogP contribution in [0.15, 0.2) is 18.2 Å². The lowest BCUT2D eigenvalue weighted by Gasteiger charge is -2.19. The number of anilines is 3. The van der Waals surface area contributed by atoms with Crippen molar-refractivity contribution in [1.82, 2.24) is 0 Å². The molecule has 0 bridgehead atoms. The monoisotopic (exact) mass is 201 g/mol. The minimum Gasteiger partial charge on any atom is -0.397 e. The van der Waals surface area contributed by atoms with E-state index in [2.05, 4.69) is 0 Å².